The second kappa shape index (κ2) is 5.33. The van der Waals surface area contributed by atoms with Crippen LogP contribution in [0.4, 0.5) is 0 Å². The van der Waals surface area contributed by atoms with Crippen LogP contribution in [0.1, 0.15) is 32.1 Å². The molecule has 0 aromatic heterocycles. The highest BCUT2D eigenvalue weighted by Gasteiger charge is 2.34. The van der Waals surface area contributed by atoms with Gasteiger partial charge < -0.3 is 4.74 Å². The number of allylic oxidation sites excluding steroid dienone is 2. The van der Waals surface area contributed by atoms with Crippen LogP contribution in [0, 0.1) is 17.8 Å². The zero-order valence-electron chi connectivity index (χ0n) is 9.73. The Hall–Kier alpha value is -1.05. The number of ether oxygens (including phenoxy) is 1. The summed E-state index contributed by atoms with van der Waals surface area (Å²) in [6, 6.07) is 0. The van der Waals surface area contributed by atoms with Crippen LogP contribution >= 0.6 is 0 Å². The average Bonchev–Trinajstić information content (AvgIpc) is 2.90. The van der Waals surface area contributed by atoms with Crippen molar-refractivity contribution in [1.29, 1.82) is 0 Å². The van der Waals surface area contributed by atoms with E-state index >= 15 is 0 Å². The van der Waals surface area contributed by atoms with E-state index in [0.717, 1.165) is 24.2 Å². The lowest BCUT2D eigenvalue weighted by molar-refractivity contribution is -0.137. The van der Waals surface area contributed by atoms with E-state index in [1.165, 1.54) is 31.8 Å². The fourth-order valence-corrected chi connectivity index (χ4v) is 2.97. The maximum Gasteiger partial charge on any atom is 0.330 e. The third kappa shape index (κ3) is 2.75. The number of hydrogen-bond acceptors (Lipinski definition) is 2. The normalized spacial score (nSPS) is 30.6. The van der Waals surface area contributed by atoms with Gasteiger partial charge >= 0.3 is 5.97 Å². The van der Waals surface area contributed by atoms with E-state index in [-0.39, 0.29) is 5.97 Å². The van der Waals surface area contributed by atoms with Crippen molar-refractivity contribution in [2.24, 2.45) is 17.8 Å². The van der Waals surface area contributed by atoms with Gasteiger partial charge in [-0.25, -0.2) is 4.79 Å². The summed E-state index contributed by atoms with van der Waals surface area (Å²) in [6.45, 7) is 3.91. The molecule has 16 heavy (non-hydrogen) atoms. The number of carbonyl (C=O) groups is 1. The largest absolute Gasteiger partial charge is 0.463 e. The van der Waals surface area contributed by atoms with Gasteiger partial charge in [0.2, 0.25) is 0 Å². The van der Waals surface area contributed by atoms with Crippen molar-refractivity contribution >= 4 is 5.97 Å². The van der Waals surface area contributed by atoms with Gasteiger partial charge in [-0.15, -0.1) is 0 Å². The van der Waals surface area contributed by atoms with Crippen LogP contribution < -0.4 is 0 Å². The Morgan fingerprint density at radius 1 is 1.38 bits per heavy atom. The quantitative estimate of drug-likeness (QED) is 0.297. The van der Waals surface area contributed by atoms with Crippen LogP contribution in [0.2, 0.25) is 0 Å². The Morgan fingerprint density at radius 3 is 2.88 bits per heavy atom. The summed E-state index contributed by atoms with van der Waals surface area (Å²) in [5.74, 6) is 2.31. The molecule has 0 aromatic rings. The minimum Gasteiger partial charge on any atom is -0.463 e. The fourth-order valence-electron chi connectivity index (χ4n) is 2.97. The number of esters is 1. The van der Waals surface area contributed by atoms with Crippen LogP contribution in [0.25, 0.3) is 0 Å². The van der Waals surface area contributed by atoms with E-state index in [2.05, 4.69) is 18.7 Å². The van der Waals surface area contributed by atoms with Gasteiger partial charge in [-0.3, -0.25) is 0 Å². The second-order valence-corrected chi connectivity index (χ2v) is 4.91. The molecule has 1 saturated carbocycles. The van der Waals surface area contributed by atoms with E-state index in [1.54, 1.807) is 0 Å². The predicted octanol–water partition coefficient (Wildman–Crippen LogP) is 3.10. The van der Waals surface area contributed by atoms with Gasteiger partial charge in [0.15, 0.2) is 0 Å². The van der Waals surface area contributed by atoms with E-state index in [0.29, 0.717) is 6.61 Å². The third-order valence-electron chi connectivity index (χ3n) is 3.80. The molecule has 0 radical (unpaired) electrons. The molecule has 0 amide bonds. The Labute approximate surface area is 97.4 Å². The molecule has 2 aliphatic carbocycles. The summed E-state index contributed by atoms with van der Waals surface area (Å²) in [6.07, 6.45) is 12.2. The summed E-state index contributed by atoms with van der Waals surface area (Å²) in [5, 5.41) is 0. The first-order valence-electron chi connectivity index (χ1n) is 6.27. The Kier molecular flexibility index (Phi) is 3.81. The molecule has 0 saturated heterocycles. The zero-order valence-corrected chi connectivity index (χ0v) is 9.73. The summed E-state index contributed by atoms with van der Waals surface area (Å²) in [7, 11) is 0. The molecule has 1 fully saturated rings. The lowest BCUT2D eigenvalue weighted by atomic mass is 9.89. The molecule has 3 unspecified atom stereocenters. The minimum absolute atomic E-state index is 0.303. The number of hydrogen-bond donors (Lipinski definition) is 0. The molecule has 0 N–H and O–H groups in total. The van der Waals surface area contributed by atoms with E-state index in [4.69, 9.17) is 4.74 Å². The van der Waals surface area contributed by atoms with Crippen LogP contribution in [0.5, 0.6) is 0 Å². The molecule has 2 nitrogen and oxygen atoms in total. The zero-order chi connectivity index (χ0) is 11.4. The molecule has 2 aliphatic rings. The smallest absolute Gasteiger partial charge is 0.330 e. The second-order valence-electron chi connectivity index (χ2n) is 4.91. The van der Waals surface area contributed by atoms with Crippen LogP contribution in [0.15, 0.2) is 24.8 Å². The minimum atomic E-state index is -0.303. The monoisotopic (exact) mass is 220 g/mol. The number of unbranched alkanes of at least 4 members (excludes halogenated alkanes) is 1. The molecule has 2 heteroatoms. The molecule has 3 atom stereocenters. The van der Waals surface area contributed by atoms with Crippen LogP contribution in [-0.2, 0) is 9.53 Å². The molecule has 0 spiro atoms. The number of carbonyl (C=O) groups excluding carboxylic acids is 1. The topological polar surface area (TPSA) is 26.3 Å². The van der Waals surface area contributed by atoms with Crippen molar-refractivity contribution in [2.75, 3.05) is 6.61 Å². The highest BCUT2D eigenvalue weighted by molar-refractivity contribution is 5.81. The summed E-state index contributed by atoms with van der Waals surface area (Å²) in [4.78, 5) is 10.8. The van der Waals surface area contributed by atoms with Crippen molar-refractivity contribution in [2.45, 2.75) is 32.1 Å². The van der Waals surface area contributed by atoms with Crippen molar-refractivity contribution in [1.82, 2.24) is 0 Å². The van der Waals surface area contributed by atoms with Gasteiger partial charge in [-0.1, -0.05) is 18.7 Å². The highest BCUT2D eigenvalue weighted by atomic mass is 16.5. The van der Waals surface area contributed by atoms with Crippen molar-refractivity contribution in [3.8, 4) is 0 Å². The molecule has 0 heterocycles. The predicted molar refractivity (Wildman–Crippen MR) is 63.9 cm³/mol. The van der Waals surface area contributed by atoms with Crippen LogP contribution in [0.3, 0.4) is 0 Å². The molecule has 2 rings (SSSR count). The SMILES string of the molecule is C=CC(=O)OCCCCC1CC2C=CC1C2. The fraction of sp³-hybridized carbons (Fsp3) is 0.643. The van der Waals surface area contributed by atoms with Gasteiger partial charge in [0.25, 0.3) is 0 Å². The molecular formula is C14H20O2. The van der Waals surface area contributed by atoms with Gasteiger partial charge in [0, 0.05) is 6.08 Å². The highest BCUT2D eigenvalue weighted by Crippen LogP contribution is 2.45. The molecule has 0 aromatic carbocycles. The van der Waals surface area contributed by atoms with Gasteiger partial charge in [0.1, 0.15) is 0 Å². The van der Waals surface area contributed by atoms with Crippen molar-refractivity contribution in [3.05, 3.63) is 24.8 Å². The maximum atomic E-state index is 10.8. The lowest BCUT2D eigenvalue weighted by Gasteiger charge is -2.17. The van der Waals surface area contributed by atoms with Gasteiger partial charge in [-0.05, 0) is 49.9 Å². The lowest BCUT2D eigenvalue weighted by Crippen LogP contribution is -2.08. The summed E-state index contributed by atoms with van der Waals surface area (Å²) < 4.78 is 4.95. The van der Waals surface area contributed by atoms with E-state index in [9.17, 15) is 4.79 Å². The van der Waals surface area contributed by atoms with Gasteiger partial charge in [-0.2, -0.15) is 0 Å². The average molecular weight is 220 g/mol. The standard InChI is InChI=1S/C14H20O2/c1-2-14(15)16-8-4-3-5-12-9-11-6-7-13(12)10-11/h2,6-7,11-13H,1,3-5,8-10H2. The van der Waals surface area contributed by atoms with Crippen LogP contribution in [-0.4, -0.2) is 12.6 Å². The number of fused-ring (bicyclic) bond motifs is 2. The molecular weight excluding hydrogens is 200 g/mol. The first-order valence-corrected chi connectivity index (χ1v) is 6.27. The Morgan fingerprint density at radius 2 is 2.25 bits per heavy atom. The summed E-state index contributed by atoms with van der Waals surface area (Å²) in [5.41, 5.74) is 0. The van der Waals surface area contributed by atoms with E-state index < -0.39 is 0 Å². The first kappa shape index (κ1) is 11.4. The third-order valence-corrected chi connectivity index (χ3v) is 3.80. The van der Waals surface area contributed by atoms with Gasteiger partial charge in [0.05, 0.1) is 6.61 Å². The molecule has 0 aliphatic heterocycles. The Bertz CT molecular complexity index is 293. The first-order chi connectivity index (χ1) is 7.79. The van der Waals surface area contributed by atoms with Crippen molar-refractivity contribution in [3.63, 3.8) is 0 Å². The number of rotatable bonds is 6. The van der Waals surface area contributed by atoms with E-state index in [1.807, 2.05) is 0 Å². The van der Waals surface area contributed by atoms with Crippen molar-refractivity contribution < 1.29 is 9.53 Å². The maximum absolute atomic E-state index is 10.8. The molecule has 88 valence electrons. The Balaban J connectivity index is 1.54. The molecule has 2 bridgehead atoms. The summed E-state index contributed by atoms with van der Waals surface area (Å²) >= 11 is 0.